The molecule has 0 unspecified atom stereocenters. The van der Waals surface area contributed by atoms with Crippen LogP contribution in [0.1, 0.15) is 10.4 Å². The van der Waals surface area contributed by atoms with Crippen LogP contribution in [-0.4, -0.2) is 10.9 Å². The third-order valence-electron chi connectivity index (χ3n) is 3.11. The van der Waals surface area contributed by atoms with Gasteiger partial charge in [0.05, 0.1) is 15.7 Å². The summed E-state index contributed by atoms with van der Waals surface area (Å²) in [6.07, 6.45) is 0. The number of amides is 1. The Labute approximate surface area is 149 Å². The summed E-state index contributed by atoms with van der Waals surface area (Å²) in [5.74, 6) is -1.81. The van der Waals surface area contributed by atoms with Crippen LogP contribution in [0.2, 0.25) is 10.0 Å². The lowest BCUT2D eigenvalue weighted by Crippen LogP contribution is -2.11. The summed E-state index contributed by atoms with van der Waals surface area (Å²) >= 11 is 12.8. The molecule has 0 aliphatic heterocycles. The summed E-state index contributed by atoms with van der Waals surface area (Å²) in [6, 6.07) is 7.70. The summed E-state index contributed by atoms with van der Waals surface area (Å²) in [5, 5.41) is 5.05. The molecule has 0 radical (unpaired) electrons. The lowest BCUT2D eigenvalue weighted by Gasteiger charge is -2.03. The van der Waals surface area contributed by atoms with E-state index in [9.17, 15) is 13.6 Å². The molecule has 0 fully saturated rings. The molecule has 122 valence electrons. The second kappa shape index (κ2) is 6.84. The Kier molecular flexibility index (Phi) is 4.80. The first-order chi connectivity index (χ1) is 11.4. The fourth-order valence-electron chi connectivity index (χ4n) is 1.96. The molecule has 0 saturated carbocycles. The zero-order valence-corrected chi connectivity index (χ0v) is 14.1. The van der Waals surface area contributed by atoms with Crippen molar-refractivity contribution in [2.75, 3.05) is 5.32 Å². The Morgan fingerprint density at radius 2 is 1.88 bits per heavy atom. The van der Waals surface area contributed by atoms with Gasteiger partial charge in [-0.25, -0.2) is 13.8 Å². The molecule has 3 rings (SSSR count). The van der Waals surface area contributed by atoms with E-state index in [-0.39, 0.29) is 15.7 Å². The maximum atomic E-state index is 13.8. The van der Waals surface area contributed by atoms with Crippen LogP contribution in [0.3, 0.4) is 0 Å². The van der Waals surface area contributed by atoms with Crippen LogP contribution in [0.4, 0.5) is 13.9 Å². The number of aromatic nitrogens is 1. The summed E-state index contributed by atoms with van der Waals surface area (Å²) in [7, 11) is 0. The van der Waals surface area contributed by atoms with Gasteiger partial charge in [-0.3, -0.25) is 10.1 Å². The lowest BCUT2D eigenvalue weighted by atomic mass is 10.1. The minimum Gasteiger partial charge on any atom is -0.298 e. The molecule has 0 saturated heterocycles. The number of rotatable bonds is 3. The third-order valence-corrected chi connectivity index (χ3v) is 4.61. The molecule has 0 bridgehead atoms. The molecule has 0 aliphatic carbocycles. The van der Waals surface area contributed by atoms with Crippen LogP contribution >= 0.6 is 34.5 Å². The molecule has 1 heterocycles. The molecular formula is C16H8Cl2F2N2OS. The van der Waals surface area contributed by atoms with Crippen LogP contribution in [0.25, 0.3) is 11.3 Å². The molecule has 0 aliphatic rings. The average Bonchev–Trinajstić information content (AvgIpc) is 2.98. The molecule has 24 heavy (non-hydrogen) atoms. The van der Waals surface area contributed by atoms with Gasteiger partial charge in [0.25, 0.3) is 5.91 Å². The van der Waals surface area contributed by atoms with Crippen LogP contribution in [0, 0.1) is 11.6 Å². The van der Waals surface area contributed by atoms with E-state index in [4.69, 9.17) is 23.2 Å². The van der Waals surface area contributed by atoms with Gasteiger partial charge >= 0.3 is 0 Å². The SMILES string of the molecule is O=C(Nc1nc(-c2ccc(F)cc2F)cs1)c1ccc(Cl)c(Cl)c1. The maximum Gasteiger partial charge on any atom is 0.257 e. The number of anilines is 1. The van der Waals surface area contributed by atoms with Gasteiger partial charge in [0.15, 0.2) is 5.13 Å². The van der Waals surface area contributed by atoms with E-state index in [1.54, 1.807) is 5.38 Å². The Balaban J connectivity index is 1.80. The fraction of sp³-hybridized carbons (Fsp3) is 0. The van der Waals surface area contributed by atoms with E-state index in [1.807, 2.05) is 0 Å². The normalized spacial score (nSPS) is 10.7. The molecule has 2 aromatic carbocycles. The third kappa shape index (κ3) is 3.56. The minimum absolute atomic E-state index is 0.155. The van der Waals surface area contributed by atoms with Crippen molar-refractivity contribution in [2.45, 2.75) is 0 Å². The van der Waals surface area contributed by atoms with Crippen molar-refractivity contribution in [2.24, 2.45) is 0 Å². The number of carbonyl (C=O) groups is 1. The Hall–Kier alpha value is -2.02. The largest absolute Gasteiger partial charge is 0.298 e. The van der Waals surface area contributed by atoms with Crippen molar-refractivity contribution >= 4 is 45.6 Å². The average molecular weight is 385 g/mol. The van der Waals surface area contributed by atoms with Crippen LogP contribution in [0.5, 0.6) is 0 Å². The van der Waals surface area contributed by atoms with Crippen molar-refractivity contribution in [3.63, 3.8) is 0 Å². The molecule has 1 N–H and O–H groups in total. The van der Waals surface area contributed by atoms with Crippen molar-refractivity contribution in [1.29, 1.82) is 0 Å². The van der Waals surface area contributed by atoms with Crippen LogP contribution < -0.4 is 5.32 Å². The molecule has 1 aromatic heterocycles. The first-order valence-electron chi connectivity index (χ1n) is 6.61. The standard InChI is InChI=1S/C16H8Cl2F2N2OS/c17-11-4-1-8(5-12(11)18)15(23)22-16-21-14(7-24-16)10-3-2-9(19)6-13(10)20/h1-7H,(H,21,22,23). The number of hydrogen-bond donors (Lipinski definition) is 1. The molecule has 0 spiro atoms. The summed E-state index contributed by atoms with van der Waals surface area (Å²) in [5.41, 5.74) is 0.777. The number of nitrogens with one attached hydrogen (secondary N) is 1. The van der Waals surface area contributed by atoms with E-state index in [0.717, 1.165) is 23.5 Å². The molecule has 0 atom stereocenters. The van der Waals surface area contributed by atoms with Gasteiger partial charge in [0.1, 0.15) is 11.6 Å². The topological polar surface area (TPSA) is 42.0 Å². The highest BCUT2D eigenvalue weighted by molar-refractivity contribution is 7.14. The van der Waals surface area contributed by atoms with Crippen molar-refractivity contribution in [3.05, 3.63) is 69.0 Å². The first kappa shape index (κ1) is 16.8. The Morgan fingerprint density at radius 3 is 2.58 bits per heavy atom. The van der Waals surface area contributed by atoms with Crippen LogP contribution in [-0.2, 0) is 0 Å². The van der Waals surface area contributed by atoms with Gasteiger partial charge in [-0.05, 0) is 30.3 Å². The van der Waals surface area contributed by atoms with Crippen molar-refractivity contribution in [3.8, 4) is 11.3 Å². The van der Waals surface area contributed by atoms with Gasteiger partial charge in [0.2, 0.25) is 0 Å². The highest BCUT2D eigenvalue weighted by Gasteiger charge is 2.13. The van der Waals surface area contributed by atoms with Gasteiger partial charge < -0.3 is 0 Å². The first-order valence-corrected chi connectivity index (χ1v) is 8.25. The Morgan fingerprint density at radius 1 is 1.08 bits per heavy atom. The smallest absolute Gasteiger partial charge is 0.257 e. The summed E-state index contributed by atoms with van der Waals surface area (Å²) in [6.45, 7) is 0. The molecule has 8 heteroatoms. The van der Waals surface area contributed by atoms with E-state index < -0.39 is 17.5 Å². The van der Waals surface area contributed by atoms with Gasteiger partial charge in [-0.2, -0.15) is 0 Å². The molecular weight excluding hydrogens is 377 g/mol. The number of halogens is 4. The molecule has 3 aromatic rings. The second-order valence-electron chi connectivity index (χ2n) is 4.75. The van der Waals surface area contributed by atoms with Crippen molar-refractivity contribution in [1.82, 2.24) is 4.98 Å². The van der Waals surface area contributed by atoms with Gasteiger partial charge in [-0.15, -0.1) is 11.3 Å². The fourth-order valence-corrected chi connectivity index (χ4v) is 2.96. The van der Waals surface area contributed by atoms with E-state index >= 15 is 0 Å². The number of nitrogens with zero attached hydrogens (tertiary/aromatic N) is 1. The van der Waals surface area contributed by atoms with E-state index in [0.29, 0.717) is 16.3 Å². The number of thiazole rings is 1. The van der Waals surface area contributed by atoms with Gasteiger partial charge in [0, 0.05) is 22.6 Å². The number of benzene rings is 2. The van der Waals surface area contributed by atoms with Crippen LogP contribution in [0.15, 0.2) is 41.8 Å². The highest BCUT2D eigenvalue weighted by atomic mass is 35.5. The maximum absolute atomic E-state index is 13.8. The van der Waals surface area contributed by atoms with E-state index in [2.05, 4.69) is 10.3 Å². The number of carbonyl (C=O) groups excluding carboxylic acids is 1. The summed E-state index contributed by atoms with van der Waals surface area (Å²) in [4.78, 5) is 16.3. The highest BCUT2D eigenvalue weighted by Crippen LogP contribution is 2.28. The predicted molar refractivity (Wildman–Crippen MR) is 91.9 cm³/mol. The second-order valence-corrected chi connectivity index (χ2v) is 6.42. The zero-order chi connectivity index (χ0) is 17.3. The number of hydrogen-bond acceptors (Lipinski definition) is 3. The monoisotopic (exact) mass is 384 g/mol. The Bertz CT molecular complexity index is 930. The van der Waals surface area contributed by atoms with Gasteiger partial charge in [-0.1, -0.05) is 23.2 Å². The van der Waals surface area contributed by atoms with E-state index in [1.165, 1.54) is 24.3 Å². The predicted octanol–water partition coefficient (Wildman–Crippen LogP) is 5.65. The molecule has 1 amide bonds. The summed E-state index contributed by atoms with van der Waals surface area (Å²) < 4.78 is 26.7. The zero-order valence-electron chi connectivity index (χ0n) is 11.8. The van der Waals surface area contributed by atoms with Crippen molar-refractivity contribution < 1.29 is 13.6 Å². The molecule has 3 nitrogen and oxygen atoms in total. The quantitative estimate of drug-likeness (QED) is 0.633. The minimum atomic E-state index is -0.720. The lowest BCUT2D eigenvalue weighted by molar-refractivity contribution is 0.102.